The Balaban J connectivity index is 2.60. The lowest BCUT2D eigenvalue weighted by atomic mass is 9.99. The Hall–Kier alpha value is -2.23. The molecule has 0 aliphatic heterocycles. The first-order valence-corrected chi connectivity index (χ1v) is 5.70. The number of hydrogen-bond acceptors (Lipinski definition) is 1. The first kappa shape index (κ1) is 13.2. The molecule has 0 radical (unpaired) electrons. The van der Waals surface area contributed by atoms with E-state index < -0.39 is 23.2 Å². The van der Waals surface area contributed by atoms with E-state index in [0.29, 0.717) is 5.56 Å². The Bertz CT molecular complexity index is 663. The summed E-state index contributed by atoms with van der Waals surface area (Å²) in [6.45, 7) is 3.79. The van der Waals surface area contributed by atoms with Crippen molar-refractivity contribution in [3.05, 3.63) is 58.7 Å². The van der Waals surface area contributed by atoms with Gasteiger partial charge in [0.1, 0.15) is 0 Å². The van der Waals surface area contributed by atoms with Crippen LogP contribution in [0.5, 0.6) is 0 Å². The van der Waals surface area contributed by atoms with Crippen LogP contribution in [0, 0.1) is 25.5 Å². The largest absolute Gasteiger partial charge is 0.478 e. The van der Waals surface area contributed by atoms with Crippen molar-refractivity contribution in [3.8, 4) is 11.1 Å². The molecule has 0 saturated carbocycles. The summed E-state index contributed by atoms with van der Waals surface area (Å²) in [6.07, 6.45) is 0. The van der Waals surface area contributed by atoms with Crippen LogP contribution >= 0.6 is 0 Å². The normalized spacial score (nSPS) is 10.5. The fourth-order valence-electron chi connectivity index (χ4n) is 1.85. The average Bonchev–Trinajstić information content (AvgIpc) is 2.36. The molecule has 2 rings (SSSR count). The maximum atomic E-state index is 13.9. The van der Waals surface area contributed by atoms with Crippen molar-refractivity contribution in [3.63, 3.8) is 0 Å². The highest BCUT2D eigenvalue weighted by molar-refractivity contribution is 5.88. The molecule has 2 aromatic carbocycles. The molecule has 98 valence electrons. The predicted octanol–water partition coefficient (Wildman–Crippen LogP) is 3.95. The van der Waals surface area contributed by atoms with Gasteiger partial charge in [0.2, 0.25) is 0 Å². The maximum absolute atomic E-state index is 13.9. The summed E-state index contributed by atoms with van der Waals surface area (Å²) >= 11 is 0. The molecule has 0 saturated heterocycles. The van der Waals surface area contributed by atoms with E-state index in [1.807, 2.05) is 19.9 Å². The molecule has 0 bridgehead atoms. The lowest BCUT2D eigenvalue weighted by Gasteiger charge is -2.08. The molecule has 0 aromatic heterocycles. The summed E-state index contributed by atoms with van der Waals surface area (Å²) in [7, 11) is 0. The second-order valence-corrected chi connectivity index (χ2v) is 4.39. The molecule has 2 nitrogen and oxygen atoms in total. The quantitative estimate of drug-likeness (QED) is 0.889. The maximum Gasteiger partial charge on any atom is 0.338 e. The van der Waals surface area contributed by atoms with Crippen LogP contribution in [-0.4, -0.2) is 11.1 Å². The highest BCUT2D eigenvalue weighted by Crippen LogP contribution is 2.27. The Morgan fingerprint density at radius 2 is 1.68 bits per heavy atom. The molecular weight excluding hydrogens is 250 g/mol. The van der Waals surface area contributed by atoms with E-state index in [1.54, 1.807) is 12.1 Å². The summed E-state index contributed by atoms with van der Waals surface area (Å²) in [5.41, 5.74) is 1.93. The first-order valence-electron chi connectivity index (χ1n) is 5.70. The van der Waals surface area contributed by atoms with Gasteiger partial charge in [0.25, 0.3) is 0 Å². The number of aromatic carboxylic acids is 1. The minimum absolute atomic E-state index is 0.0607. The van der Waals surface area contributed by atoms with Gasteiger partial charge in [-0.2, -0.15) is 0 Å². The van der Waals surface area contributed by atoms with Gasteiger partial charge in [-0.1, -0.05) is 24.3 Å². The van der Waals surface area contributed by atoms with Crippen LogP contribution < -0.4 is 0 Å². The van der Waals surface area contributed by atoms with E-state index in [-0.39, 0.29) is 5.56 Å². The van der Waals surface area contributed by atoms with Crippen LogP contribution in [0.3, 0.4) is 0 Å². The van der Waals surface area contributed by atoms with Crippen molar-refractivity contribution in [2.75, 3.05) is 0 Å². The van der Waals surface area contributed by atoms with Gasteiger partial charge < -0.3 is 5.11 Å². The number of halogens is 2. The third-order valence-corrected chi connectivity index (χ3v) is 3.13. The molecule has 0 heterocycles. The third-order valence-electron chi connectivity index (χ3n) is 3.13. The van der Waals surface area contributed by atoms with Crippen molar-refractivity contribution in [1.29, 1.82) is 0 Å². The Morgan fingerprint density at radius 3 is 2.26 bits per heavy atom. The van der Waals surface area contributed by atoms with E-state index >= 15 is 0 Å². The number of hydrogen-bond donors (Lipinski definition) is 1. The highest BCUT2D eigenvalue weighted by Gasteiger charge is 2.18. The number of aryl methyl sites for hydroxylation is 2. The Morgan fingerprint density at radius 1 is 1.00 bits per heavy atom. The Labute approximate surface area is 109 Å². The van der Waals surface area contributed by atoms with Gasteiger partial charge in [-0.15, -0.1) is 0 Å². The molecule has 0 unspecified atom stereocenters. The van der Waals surface area contributed by atoms with Gasteiger partial charge in [-0.25, -0.2) is 13.6 Å². The van der Waals surface area contributed by atoms with Crippen molar-refractivity contribution in [1.82, 2.24) is 0 Å². The fourth-order valence-corrected chi connectivity index (χ4v) is 1.85. The van der Waals surface area contributed by atoms with Gasteiger partial charge in [0, 0.05) is 5.56 Å². The SMILES string of the molecule is Cc1ccc(-c2ccc(C(=O)O)c(F)c2F)cc1C. The van der Waals surface area contributed by atoms with E-state index in [4.69, 9.17) is 5.11 Å². The van der Waals surface area contributed by atoms with Crippen LogP contribution in [0.2, 0.25) is 0 Å². The van der Waals surface area contributed by atoms with E-state index in [1.165, 1.54) is 6.07 Å². The van der Waals surface area contributed by atoms with Gasteiger partial charge in [-0.05, 0) is 36.6 Å². The monoisotopic (exact) mass is 262 g/mol. The van der Waals surface area contributed by atoms with Crippen LogP contribution in [0.4, 0.5) is 8.78 Å². The Kier molecular flexibility index (Phi) is 3.34. The molecule has 0 aliphatic carbocycles. The summed E-state index contributed by atoms with van der Waals surface area (Å²) in [5.74, 6) is -3.95. The number of carboxylic acid groups (broad SMARTS) is 1. The third kappa shape index (κ3) is 2.34. The number of carbonyl (C=O) groups is 1. The summed E-state index contributed by atoms with van der Waals surface area (Å²) < 4.78 is 27.5. The van der Waals surface area contributed by atoms with Gasteiger partial charge in [-0.3, -0.25) is 0 Å². The minimum atomic E-state index is -1.48. The molecule has 2 aromatic rings. The lowest BCUT2D eigenvalue weighted by Crippen LogP contribution is -2.04. The summed E-state index contributed by atoms with van der Waals surface area (Å²) in [4.78, 5) is 10.7. The summed E-state index contributed by atoms with van der Waals surface area (Å²) in [6, 6.07) is 7.60. The topological polar surface area (TPSA) is 37.3 Å². The van der Waals surface area contributed by atoms with Crippen LogP contribution in [-0.2, 0) is 0 Å². The molecular formula is C15H12F2O2. The average molecular weight is 262 g/mol. The molecule has 0 amide bonds. The minimum Gasteiger partial charge on any atom is -0.478 e. The molecule has 0 fully saturated rings. The van der Waals surface area contributed by atoms with Gasteiger partial charge >= 0.3 is 5.97 Å². The number of rotatable bonds is 2. The van der Waals surface area contributed by atoms with Crippen molar-refractivity contribution in [2.45, 2.75) is 13.8 Å². The second-order valence-electron chi connectivity index (χ2n) is 4.39. The highest BCUT2D eigenvalue weighted by atomic mass is 19.2. The number of benzene rings is 2. The van der Waals surface area contributed by atoms with Crippen molar-refractivity contribution >= 4 is 5.97 Å². The summed E-state index contributed by atoms with van der Waals surface area (Å²) in [5, 5.41) is 8.73. The molecule has 19 heavy (non-hydrogen) atoms. The fraction of sp³-hybridized carbons (Fsp3) is 0.133. The molecule has 0 atom stereocenters. The molecule has 0 spiro atoms. The molecule has 4 heteroatoms. The molecule has 0 aliphatic rings. The first-order chi connectivity index (χ1) is 8.91. The van der Waals surface area contributed by atoms with Crippen molar-refractivity contribution in [2.24, 2.45) is 0 Å². The van der Waals surface area contributed by atoms with Crippen LogP contribution in [0.1, 0.15) is 21.5 Å². The van der Waals surface area contributed by atoms with E-state index in [0.717, 1.165) is 17.2 Å². The predicted molar refractivity (Wildman–Crippen MR) is 68.2 cm³/mol. The van der Waals surface area contributed by atoms with Crippen LogP contribution in [0.25, 0.3) is 11.1 Å². The van der Waals surface area contributed by atoms with Crippen molar-refractivity contribution < 1.29 is 18.7 Å². The van der Waals surface area contributed by atoms with Gasteiger partial charge in [0.05, 0.1) is 5.56 Å². The zero-order chi connectivity index (χ0) is 14.2. The lowest BCUT2D eigenvalue weighted by molar-refractivity contribution is 0.0690. The smallest absolute Gasteiger partial charge is 0.338 e. The van der Waals surface area contributed by atoms with E-state index in [2.05, 4.69) is 0 Å². The van der Waals surface area contributed by atoms with E-state index in [9.17, 15) is 13.6 Å². The number of carboxylic acids is 1. The standard InChI is InChI=1S/C15H12F2O2/c1-8-3-4-10(7-9(8)2)11-5-6-12(15(18)19)14(17)13(11)16/h3-7H,1-2H3,(H,18,19). The van der Waals surface area contributed by atoms with Gasteiger partial charge in [0.15, 0.2) is 11.6 Å². The second kappa shape index (κ2) is 4.80. The zero-order valence-corrected chi connectivity index (χ0v) is 10.5. The molecule has 1 N–H and O–H groups in total. The zero-order valence-electron chi connectivity index (χ0n) is 10.5. The van der Waals surface area contributed by atoms with Crippen LogP contribution in [0.15, 0.2) is 30.3 Å².